The van der Waals surface area contributed by atoms with Crippen LogP contribution < -0.4 is 10.1 Å². The van der Waals surface area contributed by atoms with E-state index in [1.54, 1.807) is 0 Å². The number of para-hydroxylation sites is 1. The zero-order chi connectivity index (χ0) is 17.5. The van der Waals surface area contributed by atoms with Crippen LogP contribution in [0.4, 0.5) is 5.69 Å². The lowest BCUT2D eigenvalue weighted by atomic mass is 9.97. The van der Waals surface area contributed by atoms with E-state index >= 15 is 0 Å². The Balaban J connectivity index is 1.94. The van der Waals surface area contributed by atoms with Crippen molar-refractivity contribution in [2.45, 2.75) is 46.0 Å². The van der Waals surface area contributed by atoms with Gasteiger partial charge in [-0.05, 0) is 47.6 Å². The van der Waals surface area contributed by atoms with Crippen molar-refractivity contribution in [2.75, 3.05) is 11.9 Å². The fourth-order valence-corrected chi connectivity index (χ4v) is 2.54. The van der Waals surface area contributed by atoms with E-state index in [4.69, 9.17) is 4.74 Å². The maximum Gasteiger partial charge on any atom is 0.262 e. The van der Waals surface area contributed by atoms with Crippen molar-refractivity contribution in [3.05, 3.63) is 59.7 Å². The normalized spacial score (nSPS) is 12.0. The number of carbonyl (C=O) groups excluding carboxylic acids is 1. The Hall–Kier alpha value is -2.29. The number of carbonyl (C=O) groups is 1. The molecule has 0 saturated heterocycles. The average molecular weight is 325 g/mol. The summed E-state index contributed by atoms with van der Waals surface area (Å²) in [5.41, 5.74) is 3.29. The number of hydrogen-bond acceptors (Lipinski definition) is 2. The molecule has 0 aliphatic rings. The topological polar surface area (TPSA) is 38.3 Å². The first kappa shape index (κ1) is 18.1. The molecule has 2 rings (SSSR count). The number of nitrogens with one attached hydrogen (secondary N) is 1. The Bertz CT molecular complexity index is 662. The maximum absolute atomic E-state index is 12.2. The highest BCUT2D eigenvalue weighted by molar-refractivity contribution is 5.92. The minimum atomic E-state index is -0.140. The summed E-state index contributed by atoms with van der Waals surface area (Å²) in [6.07, 6.45) is 1.03. The van der Waals surface area contributed by atoms with Crippen LogP contribution in [0.3, 0.4) is 0 Å². The highest BCUT2D eigenvalue weighted by atomic mass is 16.5. The fraction of sp³-hybridized carbons (Fsp3) is 0.381. The highest BCUT2D eigenvalue weighted by Crippen LogP contribution is 2.26. The molecule has 24 heavy (non-hydrogen) atoms. The summed E-state index contributed by atoms with van der Waals surface area (Å²) in [4.78, 5) is 12.2. The molecule has 0 fully saturated rings. The molecule has 1 atom stereocenters. The molecule has 0 aliphatic carbocycles. The fourth-order valence-electron chi connectivity index (χ4n) is 2.54. The molecule has 1 N–H and O–H groups in total. The molecule has 0 spiro atoms. The van der Waals surface area contributed by atoms with E-state index in [2.05, 4.69) is 39.1 Å². The summed E-state index contributed by atoms with van der Waals surface area (Å²) in [7, 11) is 0. The van der Waals surface area contributed by atoms with E-state index in [0.717, 1.165) is 17.7 Å². The van der Waals surface area contributed by atoms with Crippen LogP contribution in [-0.4, -0.2) is 12.5 Å². The average Bonchev–Trinajstić information content (AvgIpc) is 2.60. The van der Waals surface area contributed by atoms with Crippen LogP contribution in [-0.2, 0) is 4.79 Å². The largest absolute Gasteiger partial charge is 0.484 e. The van der Waals surface area contributed by atoms with Crippen molar-refractivity contribution >= 4 is 11.6 Å². The highest BCUT2D eigenvalue weighted by Gasteiger charge is 2.11. The van der Waals surface area contributed by atoms with Crippen LogP contribution in [0.5, 0.6) is 5.75 Å². The molecule has 0 unspecified atom stereocenters. The number of benzene rings is 2. The number of anilines is 1. The number of hydrogen-bond donors (Lipinski definition) is 1. The molecule has 128 valence electrons. The molecular weight excluding hydrogens is 298 g/mol. The molecule has 2 aromatic rings. The molecule has 1 amide bonds. The van der Waals surface area contributed by atoms with Crippen LogP contribution in [0.2, 0.25) is 0 Å². The molecule has 0 aliphatic heterocycles. The van der Waals surface area contributed by atoms with Gasteiger partial charge in [0.05, 0.1) is 0 Å². The molecule has 3 heteroatoms. The van der Waals surface area contributed by atoms with Crippen LogP contribution in [0.25, 0.3) is 0 Å². The van der Waals surface area contributed by atoms with Crippen molar-refractivity contribution in [1.29, 1.82) is 0 Å². The summed E-state index contributed by atoms with van der Waals surface area (Å²) >= 11 is 0. The van der Waals surface area contributed by atoms with Gasteiger partial charge in [0.25, 0.3) is 5.91 Å². The van der Waals surface area contributed by atoms with Gasteiger partial charge in [-0.1, -0.05) is 58.0 Å². The Kier molecular flexibility index (Phi) is 6.42. The van der Waals surface area contributed by atoms with Gasteiger partial charge in [0.1, 0.15) is 5.75 Å². The van der Waals surface area contributed by atoms with Crippen molar-refractivity contribution in [3.63, 3.8) is 0 Å². The third-order valence-electron chi connectivity index (χ3n) is 4.29. The van der Waals surface area contributed by atoms with Crippen LogP contribution in [0.15, 0.2) is 48.5 Å². The molecule has 0 heterocycles. The summed E-state index contributed by atoms with van der Waals surface area (Å²) < 4.78 is 5.59. The van der Waals surface area contributed by atoms with E-state index < -0.39 is 0 Å². The Morgan fingerprint density at radius 3 is 2.33 bits per heavy atom. The second-order valence-electron chi connectivity index (χ2n) is 6.46. The van der Waals surface area contributed by atoms with E-state index in [1.807, 2.05) is 42.5 Å². The molecule has 2 aromatic carbocycles. The van der Waals surface area contributed by atoms with Gasteiger partial charge >= 0.3 is 0 Å². The first-order valence-corrected chi connectivity index (χ1v) is 8.62. The second kappa shape index (κ2) is 8.53. The Labute approximate surface area is 145 Å². The van der Waals surface area contributed by atoms with Crippen molar-refractivity contribution in [3.8, 4) is 5.75 Å². The van der Waals surface area contributed by atoms with Gasteiger partial charge < -0.3 is 10.1 Å². The van der Waals surface area contributed by atoms with Crippen LogP contribution >= 0.6 is 0 Å². The van der Waals surface area contributed by atoms with Crippen molar-refractivity contribution < 1.29 is 9.53 Å². The third kappa shape index (κ3) is 4.85. The first-order chi connectivity index (χ1) is 11.5. The molecule has 3 nitrogen and oxygen atoms in total. The molecule has 0 radical (unpaired) electrons. The lowest BCUT2D eigenvalue weighted by Gasteiger charge is -2.16. The number of rotatable bonds is 7. The van der Waals surface area contributed by atoms with Crippen molar-refractivity contribution in [2.24, 2.45) is 0 Å². The van der Waals surface area contributed by atoms with E-state index in [9.17, 15) is 4.79 Å². The summed E-state index contributed by atoms with van der Waals surface area (Å²) in [5, 5.41) is 2.96. The van der Waals surface area contributed by atoms with E-state index in [-0.39, 0.29) is 12.5 Å². The minimum Gasteiger partial charge on any atom is -0.484 e. The van der Waals surface area contributed by atoms with Crippen LogP contribution in [0.1, 0.15) is 57.1 Å². The lowest BCUT2D eigenvalue weighted by molar-refractivity contribution is -0.118. The first-order valence-electron chi connectivity index (χ1n) is 8.62. The smallest absolute Gasteiger partial charge is 0.262 e. The Morgan fingerprint density at radius 1 is 1.04 bits per heavy atom. The summed E-state index contributed by atoms with van der Waals surface area (Å²) in [6.45, 7) is 8.62. The van der Waals surface area contributed by atoms with E-state index in [0.29, 0.717) is 17.6 Å². The monoisotopic (exact) mass is 325 g/mol. The second-order valence-corrected chi connectivity index (χ2v) is 6.46. The molecular formula is C21H27NO2. The van der Waals surface area contributed by atoms with Crippen LogP contribution in [0, 0.1) is 0 Å². The van der Waals surface area contributed by atoms with E-state index in [1.165, 1.54) is 5.56 Å². The molecule has 0 saturated carbocycles. The van der Waals surface area contributed by atoms with Gasteiger partial charge in [0.2, 0.25) is 0 Å². The predicted octanol–water partition coefficient (Wildman–Crippen LogP) is 5.34. The van der Waals surface area contributed by atoms with Gasteiger partial charge in [0, 0.05) is 5.69 Å². The maximum atomic E-state index is 12.2. The van der Waals surface area contributed by atoms with Gasteiger partial charge in [-0.25, -0.2) is 0 Å². The summed E-state index contributed by atoms with van der Waals surface area (Å²) in [6, 6.07) is 15.8. The zero-order valence-corrected chi connectivity index (χ0v) is 15.0. The molecule has 0 aromatic heterocycles. The standard InChI is InChI=1S/C21H27NO2/c1-5-16(4)19-8-6-7-9-20(19)22-21(23)14-24-18-12-10-17(11-13-18)15(2)3/h6-13,15-16H,5,14H2,1-4H3,(H,22,23)/t16-/m1/s1. The quantitative estimate of drug-likeness (QED) is 0.746. The Morgan fingerprint density at radius 2 is 1.71 bits per heavy atom. The number of amides is 1. The number of ether oxygens (including phenoxy) is 1. The van der Waals surface area contributed by atoms with Gasteiger partial charge in [0.15, 0.2) is 6.61 Å². The SMILES string of the molecule is CC[C@@H](C)c1ccccc1NC(=O)COc1ccc(C(C)C)cc1. The van der Waals surface area contributed by atoms with Gasteiger partial charge in [-0.15, -0.1) is 0 Å². The minimum absolute atomic E-state index is 0.00979. The predicted molar refractivity (Wildman–Crippen MR) is 99.8 cm³/mol. The zero-order valence-electron chi connectivity index (χ0n) is 15.0. The lowest BCUT2D eigenvalue weighted by Crippen LogP contribution is -2.21. The third-order valence-corrected chi connectivity index (χ3v) is 4.29. The van der Waals surface area contributed by atoms with Gasteiger partial charge in [-0.2, -0.15) is 0 Å². The van der Waals surface area contributed by atoms with Gasteiger partial charge in [-0.3, -0.25) is 4.79 Å². The van der Waals surface area contributed by atoms with Crippen molar-refractivity contribution in [1.82, 2.24) is 0 Å². The molecule has 0 bridgehead atoms. The summed E-state index contributed by atoms with van der Waals surface area (Å²) in [5.74, 6) is 1.47.